The van der Waals surface area contributed by atoms with E-state index < -0.39 is 11.9 Å². The molecule has 19 heavy (non-hydrogen) atoms. The average molecular weight is 268 g/mol. The molecule has 0 radical (unpaired) electrons. The van der Waals surface area contributed by atoms with Crippen molar-refractivity contribution in [2.75, 3.05) is 6.61 Å². The standard InChI is InChI=1S/C13H20N2O4/c1-8(2)7-19-15-13(18)10(14)5-9-3-4-11(16)12(17)6-9/h3-4,6,8,10,16-17H,5,7,14H2,1-2H3,(H,15,18)/t10-/m0/s1. The number of nitrogens with two attached hydrogens (primary N) is 1. The number of phenolic OH excluding ortho intramolecular Hbond substituents is 2. The molecule has 0 saturated heterocycles. The van der Waals surface area contributed by atoms with Crippen molar-refractivity contribution in [3.05, 3.63) is 23.8 Å². The van der Waals surface area contributed by atoms with Crippen LogP contribution in [0.5, 0.6) is 11.5 Å². The van der Waals surface area contributed by atoms with Crippen LogP contribution in [0.25, 0.3) is 0 Å². The van der Waals surface area contributed by atoms with E-state index in [1.807, 2.05) is 13.8 Å². The molecule has 0 spiro atoms. The third-order valence-electron chi connectivity index (χ3n) is 2.42. The van der Waals surface area contributed by atoms with E-state index in [0.29, 0.717) is 18.1 Å². The second-order valence-electron chi connectivity index (χ2n) is 4.80. The van der Waals surface area contributed by atoms with E-state index in [9.17, 15) is 15.0 Å². The smallest absolute Gasteiger partial charge is 0.260 e. The Bertz CT molecular complexity index is 435. The van der Waals surface area contributed by atoms with Crippen molar-refractivity contribution in [3.8, 4) is 11.5 Å². The number of phenols is 2. The lowest BCUT2D eigenvalue weighted by Gasteiger charge is -2.13. The highest BCUT2D eigenvalue weighted by molar-refractivity contribution is 5.80. The van der Waals surface area contributed by atoms with Gasteiger partial charge < -0.3 is 15.9 Å². The minimum absolute atomic E-state index is 0.206. The number of carbonyl (C=O) groups excluding carboxylic acids is 1. The van der Waals surface area contributed by atoms with Gasteiger partial charge in [0.25, 0.3) is 5.91 Å². The number of nitrogens with one attached hydrogen (secondary N) is 1. The zero-order valence-electron chi connectivity index (χ0n) is 11.1. The number of hydrogen-bond donors (Lipinski definition) is 4. The Morgan fingerprint density at radius 2 is 2.05 bits per heavy atom. The molecule has 0 aromatic heterocycles. The molecule has 0 aliphatic carbocycles. The normalized spacial score (nSPS) is 12.4. The van der Waals surface area contributed by atoms with Crippen LogP contribution in [0.2, 0.25) is 0 Å². The number of amides is 1. The molecule has 1 atom stereocenters. The van der Waals surface area contributed by atoms with Crippen LogP contribution < -0.4 is 11.2 Å². The van der Waals surface area contributed by atoms with E-state index in [0.717, 1.165) is 0 Å². The molecule has 0 heterocycles. The van der Waals surface area contributed by atoms with Gasteiger partial charge >= 0.3 is 0 Å². The van der Waals surface area contributed by atoms with Crippen LogP contribution in [0.4, 0.5) is 0 Å². The molecule has 0 aliphatic rings. The van der Waals surface area contributed by atoms with Crippen molar-refractivity contribution >= 4 is 5.91 Å². The number of benzene rings is 1. The Labute approximate surface area is 112 Å². The molecule has 1 rings (SSSR count). The first kappa shape index (κ1) is 15.3. The number of carbonyl (C=O) groups is 1. The fourth-order valence-electron chi connectivity index (χ4n) is 1.40. The SMILES string of the molecule is CC(C)CONC(=O)[C@@H](N)Cc1ccc(O)c(O)c1. The molecular weight excluding hydrogens is 248 g/mol. The maximum Gasteiger partial charge on any atom is 0.260 e. The van der Waals surface area contributed by atoms with E-state index in [1.54, 1.807) is 6.07 Å². The van der Waals surface area contributed by atoms with Crippen molar-refractivity contribution in [1.29, 1.82) is 0 Å². The molecular formula is C13H20N2O4. The van der Waals surface area contributed by atoms with E-state index >= 15 is 0 Å². The highest BCUT2D eigenvalue weighted by Crippen LogP contribution is 2.25. The Balaban J connectivity index is 2.47. The minimum atomic E-state index is -0.781. The Kier molecular flexibility index (Phi) is 5.59. The van der Waals surface area contributed by atoms with Gasteiger partial charge in [-0.2, -0.15) is 0 Å². The number of aromatic hydroxyl groups is 2. The predicted octanol–water partition coefficient (Wildman–Crippen LogP) is 0.671. The highest BCUT2D eigenvalue weighted by Gasteiger charge is 2.15. The summed E-state index contributed by atoms with van der Waals surface area (Å²) in [4.78, 5) is 16.6. The van der Waals surface area contributed by atoms with Crippen LogP contribution in [0, 0.1) is 5.92 Å². The van der Waals surface area contributed by atoms with Gasteiger partial charge in [-0.1, -0.05) is 19.9 Å². The molecule has 0 fully saturated rings. The molecule has 1 aromatic rings. The average Bonchev–Trinajstić information content (AvgIpc) is 2.33. The van der Waals surface area contributed by atoms with Gasteiger partial charge in [-0.05, 0) is 30.0 Å². The lowest BCUT2D eigenvalue weighted by molar-refractivity contribution is -0.135. The van der Waals surface area contributed by atoms with E-state index in [2.05, 4.69) is 5.48 Å². The van der Waals surface area contributed by atoms with Gasteiger partial charge in [0.1, 0.15) is 0 Å². The van der Waals surface area contributed by atoms with Crippen LogP contribution in [-0.2, 0) is 16.1 Å². The molecule has 0 saturated carbocycles. The van der Waals surface area contributed by atoms with Crippen molar-refractivity contribution in [3.63, 3.8) is 0 Å². The van der Waals surface area contributed by atoms with Crippen LogP contribution in [0.15, 0.2) is 18.2 Å². The first-order chi connectivity index (χ1) is 8.90. The van der Waals surface area contributed by atoms with Gasteiger partial charge in [0, 0.05) is 0 Å². The Hall–Kier alpha value is -1.79. The van der Waals surface area contributed by atoms with Gasteiger partial charge in [0.15, 0.2) is 11.5 Å². The first-order valence-corrected chi connectivity index (χ1v) is 6.08. The van der Waals surface area contributed by atoms with Crippen molar-refractivity contribution in [1.82, 2.24) is 5.48 Å². The zero-order chi connectivity index (χ0) is 14.4. The second-order valence-corrected chi connectivity index (χ2v) is 4.80. The summed E-state index contributed by atoms with van der Waals surface area (Å²) in [6, 6.07) is 3.54. The fraction of sp³-hybridized carbons (Fsp3) is 0.462. The van der Waals surface area contributed by atoms with Crippen molar-refractivity contribution in [2.24, 2.45) is 11.7 Å². The third-order valence-corrected chi connectivity index (χ3v) is 2.42. The summed E-state index contributed by atoms with van der Waals surface area (Å²) in [5.74, 6) is -0.554. The van der Waals surface area contributed by atoms with Crippen LogP contribution in [-0.4, -0.2) is 28.8 Å². The van der Waals surface area contributed by atoms with E-state index in [-0.39, 0.29) is 17.9 Å². The maximum atomic E-state index is 11.6. The molecule has 1 aromatic carbocycles. The molecule has 0 unspecified atom stereocenters. The lowest BCUT2D eigenvalue weighted by atomic mass is 10.1. The van der Waals surface area contributed by atoms with Gasteiger partial charge in [0.05, 0.1) is 12.6 Å². The molecule has 0 aliphatic heterocycles. The van der Waals surface area contributed by atoms with Gasteiger partial charge in [0.2, 0.25) is 0 Å². The summed E-state index contributed by atoms with van der Waals surface area (Å²) in [5, 5.41) is 18.5. The molecule has 6 heteroatoms. The second kappa shape index (κ2) is 6.96. The molecule has 1 amide bonds. The number of rotatable bonds is 6. The van der Waals surface area contributed by atoms with Gasteiger partial charge in [-0.25, -0.2) is 5.48 Å². The lowest BCUT2D eigenvalue weighted by Crippen LogP contribution is -2.42. The van der Waals surface area contributed by atoms with E-state index in [4.69, 9.17) is 10.6 Å². The minimum Gasteiger partial charge on any atom is -0.504 e. The molecule has 0 bridgehead atoms. The molecule has 6 nitrogen and oxygen atoms in total. The third kappa shape index (κ3) is 5.15. The zero-order valence-corrected chi connectivity index (χ0v) is 11.1. The fourth-order valence-corrected chi connectivity index (χ4v) is 1.40. The Morgan fingerprint density at radius 3 is 2.63 bits per heavy atom. The molecule has 106 valence electrons. The molecule has 5 N–H and O–H groups in total. The Morgan fingerprint density at radius 1 is 1.37 bits per heavy atom. The topological polar surface area (TPSA) is 105 Å². The quantitative estimate of drug-likeness (QED) is 0.448. The summed E-state index contributed by atoms with van der Waals surface area (Å²) in [5.41, 5.74) is 8.66. The monoisotopic (exact) mass is 268 g/mol. The summed E-state index contributed by atoms with van der Waals surface area (Å²) in [7, 11) is 0. The van der Waals surface area contributed by atoms with Crippen LogP contribution in [0.3, 0.4) is 0 Å². The van der Waals surface area contributed by atoms with Crippen molar-refractivity contribution in [2.45, 2.75) is 26.3 Å². The first-order valence-electron chi connectivity index (χ1n) is 6.08. The summed E-state index contributed by atoms with van der Waals surface area (Å²) in [6.07, 6.45) is 0.241. The van der Waals surface area contributed by atoms with E-state index in [1.165, 1.54) is 12.1 Å². The van der Waals surface area contributed by atoms with Crippen LogP contribution in [0.1, 0.15) is 19.4 Å². The van der Waals surface area contributed by atoms with Gasteiger partial charge in [-0.15, -0.1) is 0 Å². The predicted molar refractivity (Wildman–Crippen MR) is 70.4 cm³/mol. The highest BCUT2D eigenvalue weighted by atomic mass is 16.7. The summed E-state index contributed by atoms with van der Waals surface area (Å²) < 4.78 is 0. The largest absolute Gasteiger partial charge is 0.504 e. The number of hydroxylamine groups is 1. The van der Waals surface area contributed by atoms with Crippen molar-refractivity contribution < 1.29 is 19.8 Å². The summed E-state index contributed by atoms with van der Waals surface area (Å²) in [6.45, 7) is 4.34. The van der Waals surface area contributed by atoms with Gasteiger partial charge in [-0.3, -0.25) is 9.63 Å². The summed E-state index contributed by atoms with van der Waals surface area (Å²) >= 11 is 0. The number of hydrogen-bond acceptors (Lipinski definition) is 5. The van der Waals surface area contributed by atoms with Crippen LogP contribution >= 0.6 is 0 Å². The maximum absolute atomic E-state index is 11.6.